The molecule has 1 saturated carbocycles. The molecule has 1 N–H and O–H groups in total. The number of hydrogen-bond acceptors (Lipinski definition) is 4. The first-order valence-corrected chi connectivity index (χ1v) is 10.6. The van der Waals surface area contributed by atoms with E-state index in [1.54, 1.807) is 17.1 Å². The molecule has 7 nitrogen and oxygen atoms in total. The first-order chi connectivity index (χ1) is 14.0. The summed E-state index contributed by atoms with van der Waals surface area (Å²) in [6.45, 7) is 3.29. The van der Waals surface area contributed by atoms with Gasteiger partial charge in [0.1, 0.15) is 0 Å². The van der Waals surface area contributed by atoms with Gasteiger partial charge >= 0.3 is 0 Å². The molecule has 0 bridgehead atoms. The lowest BCUT2D eigenvalue weighted by atomic mass is 9.92. The second kappa shape index (κ2) is 8.35. The third-order valence-electron chi connectivity index (χ3n) is 6.18. The molecule has 0 spiro atoms. The van der Waals surface area contributed by atoms with Crippen LogP contribution >= 0.6 is 0 Å². The molecule has 4 rings (SSSR count). The fourth-order valence-electron chi connectivity index (χ4n) is 4.48. The summed E-state index contributed by atoms with van der Waals surface area (Å²) in [6.07, 6.45) is 9.79. The normalized spacial score (nSPS) is 18.2. The van der Waals surface area contributed by atoms with E-state index in [9.17, 15) is 9.59 Å². The summed E-state index contributed by atoms with van der Waals surface area (Å²) in [6, 6.07) is 4.16. The summed E-state index contributed by atoms with van der Waals surface area (Å²) < 4.78 is 1.68. The predicted octanol–water partition coefficient (Wildman–Crippen LogP) is 2.82. The van der Waals surface area contributed by atoms with E-state index < -0.39 is 0 Å². The molecule has 0 aromatic carbocycles. The van der Waals surface area contributed by atoms with E-state index in [0.29, 0.717) is 36.2 Å². The van der Waals surface area contributed by atoms with Gasteiger partial charge in [0.2, 0.25) is 0 Å². The summed E-state index contributed by atoms with van der Waals surface area (Å²) in [7, 11) is 1.83. The lowest BCUT2D eigenvalue weighted by Crippen LogP contribution is -2.38. The fraction of sp³-hybridized carbons (Fsp3) is 0.545. The van der Waals surface area contributed by atoms with Crippen LogP contribution < -0.4 is 5.32 Å². The first kappa shape index (κ1) is 19.6. The van der Waals surface area contributed by atoms with Gasteiger partial charge in [0.15, 0.2) is 0 Å². The van der Waals surface area contributed by atoms with Gasteiger partial charge in [-0.2, -0.15) is 5.10 Å². The summed E-state index contributed by atoms with van der Waals surface area (Å²) in [4.78, 5) is 31.6. The van der Waals surface area contributed by atoms with Crippen LogP contribution in [0, 0.1) is 6.92 Å². The quantitative estimate of drug-likeness (QED) is 0.863. The molecule has 2 fully saturated rings. The molecule has 7 heteroatoms. The van der Waals surface area contributed by atoms with Crippen LogP contribution in [-0.4, -0.2) is 50.6 Å². The smallest absolute Gasteiger partial charge is 0.257 e. The van der Waals surface area contributed by atoms with Crippen molar-refractivity contribution >= 4 is 11.8 Å². The van der Waals surface area contributed by atoms with Crippen LogP contribution in [0.15, 0.2) is 24.5 Å². The molecule has 0 atom stereocenters. The van der Waals surface area contributed by atoms with Gasteiger partial charge in [0.25, 0.3) is 11.8 Å². The van der Waals surface area contributed by atoms with E-state index in [1.165, 1.54) is 12.8 Å². The second-order valence-electron chi connectivity index (χ2n) is 8.29. The largest absolute Gasteiger partial charge is 0.349 e. The summed E-state index contributed by atoms with van der Waals surface area (Å²) in [5, 5.41) is 7.37. The number of nitrogens with zero attached hydrogens (tertiary/aromatic N) is 4. The number of rotatable bonds is 4. The Kier molecular flexibility index (Phi) is 5.65. The molecule has 154 valence electrons. The summed E-state index contributed by atoms with van der Waals surface area (Å²) >= 11 is 0. The minimum atomic E-state index is -0.0248. The molecule has 2 aliphatic rings. The third-order valence-corrected chi connectivity index (χ3v) is 6.18. The van der Waals surface area contributed by atoms with Gasteiger partial charge < -0.3 is 10.2 Å². The Morgan fingerprint density at radius 1 is 1.10 bits per heavy atom. The minimum Gasteiger partial charge on any atom is -0.349 e. The maximum atomic E-state index is 12.8. The molecule has 1 aliphatic carbocycles. The van der Waals surface area contributed by atoms with E-state index in [4.69, 9.17) is 0 Å². The monoisotopic (exact) mass is 395 g/mol. The number of carbonyl (C=O) groups is 2. The van der Waals surface area contributed by atoms with E-state index in [-0.39, 0.29) is 11.8 Å². The SMILES string of the molecule is Cc1nn(C)cc1C(=O)N1CCC(c2ccc(C(=O)NC3CCCC3)cn2)CC1. The fourth-order valence-corrected chi connectivity index (χ4v) is 4.48. The van der Waals surface area contributed by atoms with Gasteiger partial charge in [0.05, 0.1) is 16.8 Å². The lowest BCUT2D eigenvalue weighted by molar-refractivity contribution is 0.0711. The Morgan fingerprint density at radius 2 is 1.83 bits per heavy atom. The van der Waals surface area contributed by atoms with E-state index in [0.717, 1.165) is 37.1 Å². The van der Waals surface area contributed by atoms with Crippen LogP contribution in [0.1, 0.15) is 76.5 Å². The Morgan fingerprint density at radius 3 is 2.41 bits per heavy atom. The van der Waals surface area contributed by atoms with E-state index >= 15 is 0 Å². The number of carbonyl (C=O) groups excluding carboxylic acids is 2. The number of hydrogen-bond donors (Lipinski definition) is 1. The molecule has 29 heavy (non-hydrogen) atoms. The van der Waals surface area contributed by atoms with Gasteiger partial charge in [-0.25, -0.2) is 0 Å². The third kappa shape index (κ3) is 4.33. The molecule has 0 unspecified atom stereocenters. The molecule has 2 aromatic rings. The van der Waals surface area contributed by atoms with Crippen molar-refractivity contribution in [1.29, 1.82) is 0 Å². The van der Waals surface area contributed by atoms with Crippen molar-refractivity contribution in [2.75, 3.05) is 13.1 Å². The van der Waals surface area contributed by atoms with Crippen LogP contribution in [0.5, 0.6) is 0 Å². The number of pyridine rings is 1. The van der Waals surface area contributed by atoms with E-state index in [1.807, 2.05) is 31.0 Å². The predicted molar refractivity (Wildman–Crippen MR) is 110 cm³/mol. The van der Waals surface area contributed by atoms with Crippen molar-refractivity contribution in [1.82, 2.24) is 25.0 Å². The molecule has 2 amide bonds. The number of aryl methyl sites for hydroxylation is 2. The molecule has 1 aliphatic heterocycles. The highest BCUT2D eigenvalue weighted by molar-refractivity contribution is 5.95. The maximum absolute atomic E-state index is 12.8. The van der Waals surface area contributed by atoms with Crippen molar-refractivity contribution in [2.24, 2.45) is 7.05 Å². The number of likely N-dealkylation sites (tertiary alicyclic amines) is 1. The zero-order valence-corrected chi connectivity index (χ0v) is 17.2. The average molecular weight is 396 g/mol. The van der Waals surface area contributed by atoms with Crippen molar-refractivity contribution in [3.63, 3.8) is 0 Å². The van der Waals surface area contributed by atoms with E-state index in [2.05, 4.69) is 15.4 Å². The van der Waals surface area contributed by atoms with Gasteiger partial charge in [-0.1, -0.05) is 12.8 Å². The van der Waals surface area contributed by atoms with Crippen LogP contribution in [0.4, 0.5) is 0 Å². The Labute approximate surface area is 171 Å². The maximum Gasteiger partial charge on any atom is 0.257 e. The van der Waals surface area contributed by atoms with Crippen molar-refractivity contribution in [3.05, 3.63) is 47.0 Å². The van der Waals surface area contributed by atoms with Gasteiger partial charge in [-0.3, -0.25) is 19.3 Å². The van der Waals surface area contributed by atoms with Gasteiger partial charge in [-0.05, 0) is 44.7 Å². The Bertz CT molecular complexity index is 875. The lowest BCUT2D eigenvalue weighted by Gasteiger charge is -2.31. The second-order valence-corrected chi connectivity index (χ2v) is 8.29. The molecule has 2 aromatic heterocycles. The summed E-state index contributed by atoms with van der Waals surface area (Å²) in [5.41, 5.74) is 3.09. The molecule has 3 heterocycles. The average Bonchev–Trinajstić information content (AvgIpc) is 3.36. The van der Waals surface area contributed by atoms with Crippen LogP contribution in [0.25, 0.3) is 0 Å². The highest BCUT2D eigenvalue weighted by Crippen LogP contribution is 2.28. The minimum absolute atomic E-state index is 0.0248. The van der Waals surface area contributed by atoms with Gasteiger partial charge in [0, 0.05) is 50.2 Å². The van der Waals surface area contributed by atoms with Crippen LogP contribution in [0.2, 0.25) is 0 Å². The highest BCUT2D eigenvalue weighted by Gasteiger charge is 2.27. The zero-order chi connectivity index (χ0) is 20.4. The van der Waals surface area contributed by atoms with Gasteiger partial charge in [-0.15, -0.1) is 0 Å². The first-order valence-electron chi connectivity index (χ1n) is 10.6. The standard InChI is InChI=1S/C22H29N5O2/c1-15-19(14-26(2)25-15)22(29)27-11-9-16(10-12-27)20-8-7-17(13-23-20)21(28)24-18-5-3-4-6-18/h7-8,13-14,16,18H,3-6,9-12H2,1-2H3,(H,24,28). The Balaban J connectivity index is 1.33. The Hall–Kier alpha value is -2.70. The zero-order valence-electron chi connectivity index (χ0n) is 17.2. The topological polar surface area (TPSA) is 80.1 Å². The van der Waals surface area contributed by atoms with Crippen molar-refractivity contribution in [2.45, 2.75) is 57.4 Å². The van der Waals surface area contributed by atoms with Crippen molar-refractivity contribution in [3.8, 4) is 0 Å². The summed E-state index contributed by atoms with van der Waals surface area (Å²) in [5.74, 6) is 0.352. The van der Waals surface area contributed by atoms with Crippen molar-refractivity contribution < 1.29 is 9.59 Å². The molecular weight excluding hydrogens is 366 g/mol. The highest BCUT2D eigenvalue weighted by atomic mass is 16.2. The van der Waals surface area contributed by atoms with Crippen LogP contribution in [-0.2, 0) is 7.05 Å². The number of piperidine rings is 1. The number of aromatic nitrogens is 3. The molecule has 0 radical (unpaired) electrons. The number of nitrogens with one attached hydrogen (secondary N) is 1. The number of amides is 2. The van der Waals surface area contributed by atoms with Crippen LogP contribution in [0.3, 0.4) is 0 Å². The molecular formula is C22H29N5O2. The molecule has 1 saturated heterocycles.